The molecule has 0 saturated heterocycles. The summed E-state index contributed by atoms with van der Waals surface area (Å²) in [7, 11) is 1.73. The van der Waals surface area contributed by atoms with Gasteiger partial charge >= 0.3 is 0 Å². The van der Waals surface area contributed by atoms with Gasteiger partial charge < -0.3 is 9.47 Å². The van der Waals surface area contributed by atoms with Crippen LogP contribution in [0.15, 0.2) is 22.7 Å². The Hall–Kier alpha value is -0.540. The van der Waals surface area contributed by atoms with E-state index in [-0.39, 0.29) is 5.60 Å². The van der Waals surface area contributed by atoms with Crippen molar-refractivity contribution in [3.8, 4) is 5.75 Å². The van der Waals surface area contributed by atoms with Gasteiger partial charge in [0.1, 0.15) is 5.75 Å². The van der Waals surface area contributed by atoms with Crippen molar-refractivity contribution in [2.45, 2.75) is 32.8 Å². The molecule has 2 nitrogen and oxygen atoms in total. The topological polar surface area (TPSA) is 18.5 Å². The third-order valence-electron chi connectivity index (χ3n) is 2.65. The molecule has 0 unspecified atom stereocenters. The summed E-state index contributed by atoms with van der Waals surface area (Å²) in [5.41, 5.74) is 1.02. The Bertz CT molecular complexity index is 348. The zero-order valence-corrected chi connectivity index (χ0v) is 11.9. The molecule has 0 bridgehead atoms. The summed E-state index contributed by atoms with van der Waals surface area (Å²) in [4.78, 5) is 0. The first kappa shape index (κ1) is 13.5. The minimum Gasteiger partial charge on any atom is -0.493 e. The summed E-state index contributed by atoms with van der Waals surface area (Å²) in [5.74, 6) is 0.940. The van der Waals surface area contributed by atoms with Crippen molar-refractivity contribution in [2.75, 3.05) is 13.7 Å². The molecule has 0 radical (unpaired) electrons. The zero-order valence-electron chi connectivity index (χ0n) is 10.3. The van der Waals surface area contributed by atoms with E-state index >= 15 is 0 Å². The van der Waals surface area contributed by atoms with Crippen LogP contribution < -0.4 is 4.74 Å². The van der Waals surface area contributed by atoms with E-state index in [0.29, 0.717) is 6.61 Å². The van der Waals surface area contributed by atoms with E-state index in [4.69, 9.17) is 9.47 Å². The van der Waals surface area contributed by atoms with Crippen LogP contribution in [0.2, 0.25) is 0 Å². The van der Waals surface area contributed by atoms with Crippen LogP contribution in [0.4, 0.5) is 0 Å². The molecule has 0 spiro atoms. The molecular formula is C13H19BrO2. The minimum absolute atomic E-state index is 0.122. The van der Waals surface area contributed by atoms with Gasteiger partial charge in [-0.25, -0.2) is 0 Å². The van der Waals surface area contributed by atoms with Crippen molar-refractivity contribution in [3.05, 3.63) is 28.2 Å². The SMILES string of the molecule is COC(C)(C)CCOc1ccc(Br)cc1C. The van der Waals surface area contributed by atoms with E-state index in [2.05, 4.69) is 35.8 Å². The van der Waals surface area contributed by atoms with Gasteiger partial charge in [0.2, 0.25) is 0 Å². The summed E-state index contributed by atoms with van der Waals surface area (Å²) in [6.45, 7) is 6.83. The molecule has 1 aromatic carbocycles. The number of rotatable bonds is 5. The molecule has 0 aliphatic rings. The first-order chi connectivity index (χ1) is 7.44. The van der Waals surface area contributed by atoms with Gasteiger partial charge in [0.15, 0.2) is 0 Å². The van der Waals surface area contributed by atoms with Gasteiger partial charge in [-0.05, 0) is 44.5 Å². The van der Waals surface area contributed by atoms with Crippen LogP contribution in [0.1, 0.15) is 25.8 Å². The molecule has 1 aromatic rings. The lowest BCUT2D eigenvalue weighted by Gasteiger charge is -2.22. The number of methoxy groups -OCH3 is 1. The number of benzene rings is 1. The second kappa shape index (κ2) is 5.69. The number of ether oxygens (including phenoxy) is 2. The lowest BCUT2D eigenvalue weighted by Crippen LogP contribution is -2.25. The van der Waals surface area contributed by atoms with Crippen LogP contribution in [-0.4, -0.2) is 19.3 Å². The van der Waals surface area contributed by atoms with Gasteiger partial charge in [-0.15, -0.1) is 0 Å². The number of halogens is 1. The maximum Gasteiger partial charge on any atom is 0.122 e. The lowest BCUT2D eigenvalue weighted by molar-refractivity contribution is 0.00540. The third-order valence-corrected chi connectivity index (χ3v) is 3.14. The van der Waals surface area contributed by atoms with Crippen LogP contribution in [0.3, 0.4) is 0 Å². The van der Waals surface area contributed by atoms with Crippen LogP contribution in [0, 0.1) is 6.92 Å². The lowest BCUT2D eigenvalue weighted by atomic mass is 10.1. The molecule has 0 atom stereocenters. The molecule has 1 rings (SSSR count). The maximum absolute atomic E-state index is 5.73. The first-order valence-corrected chi connectivity index (χ1v) is 6.18. The molecule has 0 aliphatic heterocycles. The van der Waals surface area contributed by atoms with E-state index < -0.39 is 0 Å². The van der Waals surface area contributed by atoms with Crippen LogP contribution in [-0.2, 0) is 4.74 Å². The van der Waals surface area contributed by atoms with Crippen molar-refractivity contribution >= 4 is 15.9 Å². The Kier molecular flexibility index (Phi) is 4.81. The average Bonchev–Trinajstić information content (AvgIpc) is 2.21. The van der Waals surface area contributed by atoms with E-state index in [1.807, 2.05) is 19.1 Å². The van der Waals surface area contributed by atoms with Crippen molar-refractivity contribution < 1.29 is 9.47 Å². The molecule has 0 N–H and O–H groups in total. The van der Waals surface area contributed by atoms with E-state index in [9.17, 15) is 0 Å². The maximum atomic E-state index is 5.73. The Balaban J connectivity index is 2.49. The number of aryl methyl sites for hydroxylation is 1. The van der Waals surface area contributed by atoms with E-state index in [0.717, 1.165) is 22.2 Å². The smallest absolute Gasteiger partial charge is 0.122 e. The second-order valence-corrected chi connectivity index (χ2v) is 5.39. The number of hydrogen-bond acceptors (Lipinski definition) is 2. The highest BCUT2D eigenvalue weighted by Crippen LogP contribution is 2.23. The molecule has 16 heavy (non-hydrogen) atoms. The Morgan fingerprint density at radius 3 is 2.56 bits per heavy atom. The summed E-state index contributed by atoms with van der Waals surface area (Å²) in [6.07, 6.45) is 0.874. The molecule has 0 aliphatic carbocycles. The fourth-order valence-corrected chi connectivity index (χ4v) is 1.76. The van der Waals surface area contributed by atoms with E-state index in [1.54, 1.807) is 7.11 Å². The van der Waals surface area contributed by atoms with Crippen LogP contribution in [0.5, 0.6) is 5.75 Å². The predicted molar refractivity (Wildman–Crippen MR) is 70.1 cm³/mol. The standard InChI is InChI=1S/C13H19BrO2/c1-10-9-11(14)5-6-12(10)16-8-7-13(2,3)15-4/h5-6,9H,7-8H2,1-4H3. The molecule has 0 aromatic heterocycles. The predicted octanol–water partition coefficient (Wildman–Crippen LogP) is 3.95. The summed E-state index contributed by atoms with van der Waals surface area (Å²) in [5, 5.41) is 0. The number of hydrogen-bond donors (Lipinski definition) is 0. The van der Waals surface area contributed by atoms with Crippen molar-refractivity contribution in [1.29, 1.82) is 0 Å². The average molecular weight is 287 g/mol. The molecular weight excluding hydrogens is 268 g/mol. The summed E-state index contributed by atoms with van der Waals surface area (Å²) < 4.78 is 12.1. The molecule has 3 heteroatoms. The minimum atomic E-state index is -0.122. The van der Waals surface area contributed by atoms with E-state index in [1.165, 1.54) is 0 Å². The van der Waals surface area contributed by atoms with Crippen LogP contribution >= 0.6 is 15.9 Å². The second-order valence-electron chi connectivity index (χ2n) is 4.47. The molecule has 0 saturated carbocycles. The molecule has 0 amide bonds. The van der Waals surface area contributed by atoms with Crippen molar-refractivity contribution in [3.63, 3.8) is 0 Å². The summed E-state index contributed by atoms with van der Waals surface area (Å²) in [6, 6.07) is 6.03. The Morgan fingerprint density at radius 2 is 2.00 bits per heavy atom. The van der Waals surface area contributed by atoms with Gasteiger partial charge in [-0.2, -0.15) is 0 Å². The van der Waals surface area contributed by atoms with Gasteiger partial charge in [-0.1, -0.05) is 15.9 Å². The van der Waals surface area contributed by atoms with Crippen molar-refractivity contribution in [1.82, 2.24) is 0 Å². The Morgan fingerprint density at radius 1 is 1.31 bits per heavy atom. The fourth-order valence-electron chi connectivity index (χ4n) is 1.28. The van der Waals surface area contributed by atoms with Crippen molar-refractivity contribution in [2.24, 2.45) is 0 Å². The van der Waals surface area contributed by atoms with Gasteiger partial charge in [0.25, 0.3) is 0 Å². The first-order valence-electron chi connectivity index (χ1n) is 5.39. The fraction of sp³-hybridized carbons (Fsp3) is 0.538. The highest BCUT2D eigenvalue weighted by atomic mass is 79.9. The van der Waals surface area contributed by atoms with Gasteiger partial charge in [0.05, 0.1) is 12.2 Å². The van der Waals surface area contributed by atoms with Gasteiger partial charge in [-0.3, -0.25) is 0 Å². The zero-order chi connectivity index (χ0) is 12.2. The summed E-state index contributed by atoms with van der Waals surface area (Å²) >= 11 is 3.43. The largest absolute Gasteiger partial charge is 0.493 e. The van der Waals surface area contributed by atoms with Crippen LogP contribution in [0.25, 0.3) is 0 Å². The quantitative estimate of drug-likeness (QED) is 0.816. The molecule has 0 fully saturated rings. The highest BCUT2D eigenvalue weighted by molar-refractivity contribution is 9.10. The normalized spacial score (nSPS) is 11.6. The molecule has 0 heterocycles. The Labute approximate surface area is 106 Å². The highest BCUT2D eigenvalue weighted by Gasteiger charge is 2.16. The van der Waals surface area contributed by atoms with Gasteiger partial charge in [0, 0.05) is 18.0 Å². The molecule has 90 valence electrons. The third kappa shape index (κ3) is 4.14. The monoisotopic (exact) mass is 286 g/mol.